The van der Waals surface area contributed by atoms with E-state index in [9.17, 15) is 0 Å². The second kappa shape index (κ2) is 7.24. The van der Waals surface area contributed by atoms with Gasteiger partial charge in [-0.15, -0.1) is 0 Å². The van der Waals surface area contributed by atoms with Crippen LogP contribution in [-0.4, -0.2) is 37.6 Å². The van der Waals surface area contributed by atoms with Crippen LogP contribution in [0.5, 0.6) is 0 Å². The Balaban J connectivity index is 4.16. The van der Waals surface area contributed by atoms with Gasteiger partial charge in [0.15, 0.2) is 0 Å². The van der Waals surface area contributed by atoms with Crippen molar-refractivity contribution in [3.63, 3.8) is 0 Å². The molecule has 0 aromatic rings. The fraction of sp³-hybridized carbons (Fsp3) is 1.00. The topological polar surface area (TPSA) is 15.3 Å². The van der Waals surface area contributed by atoms with Gasteiger partial charge < -0.3 is 10.2 Å². The summed E-state index contributed by atoms with van der Waals surface area (Å²) in [5.41, 5.74) is 0.411. The van der Waals surface area contributed by atoms with Gasteiger partial charge in [-0.25, -0.2) is 0 Å². The lowest BCUT2D eigenvalue weighted by Crippen LogP contribution is -2.43. The lowest BCUT2D eigenvalue weighted by molar-refractivity contribution is 0.145. The molecule has 2 atom stereocenters. The van der Waals surface area contributed by atoms with Crippen LogP contribution in [0, 0.1) is 5.41 Å². The van der Waals surface area contributed by atoms with Crippen LogP contribution < -0.4 is 5.32 Å². The second-order valence-corrected chi connectivity index (χ2v) is 5.12. The van der Waals surface area contributed by atoms with Crippen molar-refractivity contribution in [1.29, 1.82) is 0 Å². The summed E-state index contributed by atoms with van der Waals surface area (Å²) in [5, 5.41) is 3.48. The third-order valence-corrected chi connectivity index (χ3v) is 3.63. The van der Waals surface area contributed by atoms with Gasteiger partial charge in [-0.05, 0) is 38.8 Å². The highest BCUT2D eigenvalue weighted by Crippen LogP contribution is 2.22. The van der Waals surface area contributed by atoms with E-state index in [0.717, 1.165) is 13.1 Å². The summed E-state index contributed by atoms with van der Waals surface area (Å²) < 4.78 is 0. The Morgan fingerprint density at radius 3 is 2.27 bits per heavy atom. The van der Waals surface area contributed by atoms with Gasteiger partial charge in [-0.2, -0.15) is 0 Å². The SMILES string of the molecule is CCNCC(C)(CC)CN(C)C(C)CC. The maximum atomic E-state index is 3.48. The first-order valence-corrected chi connectivity index (χ1v) is 6.40. The highest BCUT2D eigenvalue weighted by molar-refractivity contribution is 4.80. The minimum Gasteiger partial charge on any atom is -0.316 e. The lowest BCUT2D eigenvalue weighted by Gasteiger charge is -2.36. The average Bonchev–Trinajstić information content (AvgIpc) is 2.25. The second-order valence-electron chi connectivity index (χ2n) is 5.12. The van der Waals surface area contributed by atoms with Crippen molar-refractivity contribution in [2.45, 2.75) is 53.5 Å². The van der Waals surface area contributed by atoms with E-state index in [1.807, 2.05) is 0 Å². The van der Waals surface area contributed by atoms with Crippen LogP contribution in [-0.2, 0) is 0 Å². The molecule has 0 saturated heterocycles. The Morgan fingerprint density at radius 2 is 1.87 bits per heavy atom. The van der Waals surface area contributed by atoms with Gasteiger partial charge in [0.1, 0.15) is 0 Å². The van der Waals surface area contributed by atoms with E-state index < -0.39 is 0 Å². The molecule has 0 aliphatic rings. The third kappa shape index (κ3) is 5.53. The zero-order valence-corrected chi connectivity index (χ0v) is 11.6. The van der Waals surface area contributed by atoms with Crippen LogP contribution in [0.15, 0.2) is 0 Å². The summed E-state index contributed by atoms with van der Waals surface area (Å²) in [6.07, 6.45) is 2.47. The first-order chi connectivity index (χ1) is 6.99. The van der Waals surface area contributed by atoms with Crippen molar-refractivity contribution in [2.75, 3.05) is 26.7 Å². The standard InChI is InChI=1S/C13H30N2/c1-7-12(4)15(6)11-13(5,8-2)10-14-9-3/h12,14H,7-11H2,1-6H3. The molecular weight excluding hydrogens is 184 g/mol. The van der Waals surface area contributed by atoms with Crippen LogP contribution >= 0.6 is 0 Å². The molecule has 0 saturated carbocycles. The molecule has 0 aliphatic heterocycles. The molecular formula is C13H30N2. The zero-order valence-electron chi connectivity index (χ0n) is 11.6. The largest absolute Gasteiger partial charge is 0.316 e. The van der Waals surface area contributed by atoms with Crippen LogP contribution in [0.4, 0.5) is 0 Å². The first-order valence-electron chi connectivity index (χ1n) is 6.40. The van der Waals surface area contributed by atoms with E-state index in [4.69, 9.17) is 0 Å². The smallest absolute Gasteiger partial charge is 0.00614 e. The fourth-order valence-corrected chi connectivity index (χ4v) is 1.79. The Bertz CT molecular complexity index is 159. The monoisotopic (exact) mass is 214 g/mol. The van der Waals surface area contributed by atoms with Crippen molar-refractivity contribution in [3.8, 4) is 0 Å². The number of hydrogen-bond acceptors (Lipinski definition) is 2. The molecule has 0 aliphatic carbocycles. The van der Waals surface area contributed by atoms with E-state index in [-0.39, 0.29) is 0 Å². The van der Waals surface area contributed by atoms with E-state index in [1.165, 1.54) is 19.4 Å². The zero-order chi connectivity index (χ0) is 11.9. The van der Waals surface area contributed by atoms with Gasteiger partial charge in [-0.1, -0.05) is 27.7 Å². The molecule has 0 aromatic heterocycles. The van der Waals surface area contributed by atoms with Crippen molar-refractivity contribution >= 4 is 0 Å². The Morgan fingerprint density at radius 1 is 1.27 bits per heavy atom. The summed E-state index contributed by atoms with van der Waals surface area (Å²) in [6.45, 7) is 14.8. The highest BCUT2D eigenvalue weighted by atomic mass is 15.1. The third-order valence-electron chi connectivity index (χ3n) is 3.63. The first kappa shape index (κ1) is 14.9. The molecule has 2 nitrogen and oxygen atoms in total. The number of nitrogens with one attached hydrogen (secondary N) is 1. The summed E-state index contributed by atoms with van der Waals surface area (Å²) >= 11 is 0. The molecule has 0 bridgehead atoms. The molecule has 0 radical (unpaired) electrons. The molecule has 2 unspecified atom stereocenters. The Hall–Kier alpha value is -0.0800. The molecule has 0 amide bonds. The average molecular weight is 214 g/mol. The van der Waals surface area contributed by atoms with Crippen molar-refractivity contribution in [3.05, 3.63) is 0 Å². The maximum absolute atomic E-state index is 3.48. The minimum absolute atomic E-state index is 0.411. The van der Waals surface area contributed by atoms with Gasteiger partial charge in [0.05, 0.1) is 0 Å². The number of hydrogen-bond donors (Lipinski definition) is 1. The fourth-order valence-electron chi connectivity index (χ4n) is 1.79. The predicted octanol–water partition coefficient (Wildman–Crippen LogP) is 2.74. The maximum Gasteiger partial charge on any atom is 0.00614 e. The summed E-state index contributed by atoms with van der Waals surface area (Å²) in [7, 11) is 2.24. The van der Waals surface area contributed by atoms with Gasteiger partial charge >= 0.3 is 0 Å². The quantitative estimate of drug-likeness (QED) is 0.668. The van der Waals surface area contributed by atoms with Gasteiger partial charge in [-0.3, -0.25) is 0 Å². The summed E-state index contributed by atoms with van der Waals surface area (Å²) in [6, 6.07) is 0.692. The van der Waals surface area contributed by atoms with E-state index >= 15 is 0 Å². The molecule has 0 aromatic carbocycles. The minimum atomic E-state index is 0.411. The van der Waals surface area contributed by atoms with Crippen LogP contribution in [0.25, 0.3) is 0 Å². The predicted molar refractivity (Wildman–Crippen MR) is 69.3 cm³/mol. The van der Waals surface area contributed by atoms with Gasteiger partial charge in [0.25, 0.3) is 0 Å². The summed E-state index contributed by atoms with van der Waals surface area (Å²) in [4.78, 5) is 2.49. The number of nitrogens with zero attached hydrogens (tertiary/aromatic N) is 1. The van der Waals surface area contributed by atoms with E-state index in [1.54, 1.807) is 0 Å². The molecule has 92 valence electrons. The Kier molecular flexibility index (Phi) is 7.20. The molecule has 0 heterocycles. The molecule has 0 spiro atoms. The molecule has 1 N–H and O–H groups in total. The van der Waals surface area contributed by atoms with Gasteiger partial charge in [0.2, 0.25) is 0 Å². The molecule has 0 fully saturated rings. The van der Waals surface area contributed by atoms with Crippen LogP contribution in [0.1, 0.15) is 47.5 Å². The number of rotatable bonds is 8. The lowest BCUT2D eigenvalue weighted by atomic mass is 9.86. The molecule has 0 rings (SSSR count). The normalized spacial score (nSPS) is 17.8. The van der Waals surface area contributed by atoms with Crippen molar-refractivity contribution in [2.24, 2.45) is 5.41 Å². The van der Waals surface area contributed by atoms with Gasteiger partial charge in [0, 0.05) is 19.1 Å². The van der Waals surface area contributed by atoms with Crippen molar-refractivity contribution in [1.82, 2.24) is 10.2 Å². The van der Waals surface area contributed by atoms with E-state index in [0.29, 0.717) is 11.5 Å². The van der Waals surface area contributed by atoms with Crippen LogP contribution in [0.2, 0.25) is 0 Å². The molecule has 15 heavy (non-hydrogen) atoms. The van der Waals surface area contributed by atoms with Crippen LogP contribution in [0.3, 0.4) is 0 Å². The van der Waals surface area contributed by atoms with Crippen molar-refractivity contribution < 1.29 is 0 Å². The molecule has 2 heteroatoms. The summed E-state index contributed by atoms with van der Waals surface area (Å²) in [5.74, 6) is 0. The van der Waals surface area contributed by atoms with E-state index in [2.05, 4.69) is 51.9 Å². The highest BCUT2D eigenvalue weighted by Gasteiger charge is 2.24. The Labute approximate surface area is 96.4 Å².